The van der Waals surface area contributed by atoms with Gasteiger partial charge in [0.2, 0.25) is 11.8 Å². The van der Waals surface area contributed by atoms with E-state index in [0.717, 1.165) is 31.5 Å². The maximum Gasteiger partial charge on any atom is 0.224 e. The van der Waals surface area contributed by atoms with Gasteiger partial charge in [0.25, 0.3) is 0 Å². The molecule has 0 aliphatic carbocycles. The average Bonchev–Trinajstić information content (AvgIpc) is 2.54. The zero-order valence-electron chi connectivity index (χ0n) is 13.1. The van der Waals surface area contributed by atoms with E-state index in [2.05, 4.69) is 5.32 Å². The van der Waals surface area contributed by atoms with Gasteiger partial charge >= 0.3 is 0 Å². The van der Waals surface area contributed by atoms with Crippen LogP contribution in [0.15, 0.2) is 30.3 Å². The van der Waals surface area contributed by atoms with Crippen molar-refractivity contribution in [2.45, 2.75) is 32.2 Å². The van der Waals surface area contributed by atoms with Gasteiger partial charge in [-0.25, -0.2) is 0 Å². The Hall–Kier alpha value is -1.88. The first-order valence-corrected chi connectivity index (χ1v) is 7.89. The van der Waals surface area contributed by atoms with Crippen LogP contribution in [-0.2, 0) is 9.59 Å². The fourth-order valence-electron chi connectivity index (χ4n) is 2.81. The van der Waals surface area contributed by atoms with Crippen LogP contribution >= 0.6 is 0 Å². The summed E-state index contributed by atoms with van der Waals surface area (Å²) in [5.74, 6) is 0.595. The minimum atomic E-state index is -0.245. The Balaban J connectivity index is 1.76. The smallest absolute Gasteiger partial charge is 0.224 e. The molecule has 2 rings (SSSR count). The second-order valence-electron chi connectivity index (χ2n) is 5.98. The number of nitrogens with one attached hydrogen (secondary N) is 1. The number of carbonyl (C=O) groups excluding carboxylic acids is 2. The lowest BCUT2D eigenvalue weighted by Gasteiger charge is -2.32. The normalized spacial score (nSPS) is 17.1. The topological polar surface area (TPSA) is 75.4 Å². The molecule has 0 saturated carbocycles. The predicted molar refractivity (Wildman–Crippen MR) is 86.0 cm³/mol. The van der Waals surface area contributed by atoms with E-state index in [4.69, 9.17) is 5.73 Å². The molecule has 0 bridgehead atoms. The Bertz CT molecular complexity index is 496. The minimum Gasteiger partial charge on any atom is -0.356 e. The van der Waals surface area contributed by atoms with Crippen LogP contribution in [0.1, 0.15) is 37.8 Å². The average molecular weight is 303 g/mol. The highest BCUT2D eigenvalue weighted by atomic mass is 16.2. The van der Waals surface area contributed by atoms with Gasteiger partial charge in [-0.15, -0.1) is 0 Å². The SMILES string of the molecule is CC(=O)NCC1CCN(C(=O)CC(N)c2ccccc2)CC1. The molecule has 22 heavy (non-hydrogen) atoms. The van der Waals surface area contributed by atoms with Crippen LogP contribution < -0.4 is 11.1 Å². The standard InChI is InChI=1S/C17H25N3O2/c1-13(21)19-12-14-7-9-20(10-8-14)17(22)11-16(18)15-5-3-2-4-6-15/h2-6,14,16H,7-12,18H2,1H3,(H,19,21). The van der Waals surface area contributed by atoms with Crippen LogP contribution in [0.25, 0.3) is 0 Å². The zero-order chi connectivity index (χ0) is 15.9. The Kier molecular flexibility index (Phi) is 5.95. The summed E-state index contributed by atoms with van der Waals surface area (Å²) >= 11 is 0. The van der Waals surface area contributed by atoms with Crippen LogP contribution in [0.4, 0.5) is 0 Å². The molecule has 1 atom stereocenters. The number of amides is 2. The molecule has 5 nitrogen and oxygen atoms in total. The molecule has 1 aromatic rings. The van der Waals surface area contributed by atoms with E-state index in [1.165, 1.54) is 6.92 Å². The van der Waals surface area contributed by atoms with Gasteiger partial charge in [0.15, 0.2) is 0 Å². The van der Waals surface area contributed by atoms with E-state index in [9.17, 15) is 9.59 Å². The largest absolute Gasteiger partial charge is 0.356 e. The first-order valence-electron chi connectivity index (χ1n) is 7.89. The van der Waals surface area contributed by atoms with Crippen LogP contribution in [0.5, 0.6) is 0 Å². The Morgan fingerprint density at radius 3 is 2.50 bits per heavy atom. The molecule has 1 aliphatic rings. The maximum absolute atomic E-state index is 12.3. The summed E-state index contributed by atoms with van der Waals surface area (Å²) in [5.41, 5.74) is 7.11. The molecule has 0 aromatic heterocycles. The van der Waals surface area contributed by atoms with Crippen LogP contribution in [-0.4, -0.2) is 36.3 Å². The second-order valence-corrected chi connectivity index (χ2v) is 5.98. The van der Waals surface area contributed by atoms with Gasteiger partial charge in [-0.2, -0.15) is 0 Å². The molecule has 1 unspecified atom stereocenters. The third-order valence-corrected chi connectivity index (χ3v) is 4.23. The number of hydrogen-bond acceptors (Lipinski definition) is 3. The first kappa shape index (κ1) is 16.5. The number of nitrogens with zero attached hydrogens (tertiary/aromatic N) is 1. The first-order chi connectivity index (χ1) is 10.6. The van der Waals surface area contributed by atoms with Gasteiger partial charge in [-0.05, 0) is 24.3 Å². The summed E-state index contributed by atoms with van der Waals surface area (Å²) in [6.45, 7) is 3.75. The van der Waals surface area contributed by atoms with Crippen molar-refractivity contribution in [2.75, 3.05) is 19.6 Å². The quantitative estimate of drug-likeness (QED) is 0.864. The fraction of sp³-hybridized carbons (Fsp3) is 0.529. The Morgan fingerprint density at radius 2 is 1.91 bits per heavy atom. The van der Waals surface area contributed by atoms with Gasteiger partial charge in [0.05, 0.1) is 0 Å². The molecule has 0 spiro atoms. The van der Waals surface area contributed by atoms with E-state index in [1.54, 1.807) is 0 Å². The van der Waals surface area contributed by atoms with Gasteiger partial charge in [-0.3, -0.25) is 9.59 Å². The summed E-state index contributed by atoms with van der Waals surface area (Å²) < 4.78 is 0. The molecule has 1 heterocycles. The molecular formula is C17H25N3O2. The molecule has 1 saturated heterocycles. The summed E-state index contributed by atoms with van der Waals surface area (Å²) in [7, 11) is 0. The number of carbonyl (C=O) groups is 2. The molecule has 1 aromatic carbocycles. The van der Waals surface area contributed by atoms with E-state index in [-0.39, 0.29) is 17.9 Å². The van der Waals surface area contributed by atoms with Crippen molar-refractivity contribution in [1.29, 1.82) is 0 Å². The van der Waals surface area contributed by atoms with Crippen molar-refractivity contribution >= 4 is 11.8 Å². The number of hydrogen-bond donors (Lipinski definition) is 2. The number of piperidine rings is 1. The number of rotatable bonds is 5. The van der Waals surface area contributed by atoms with Crippen LogP contribution in [0.3, 0.4) is 0 Å². The van der Waals surface area contributed by atoms with Crippen molar-refractivity contribution in [3.63, 3.8) is 0 Å². The summed E-state index contributed by atoms with van der Waals surface area (Å²) in [6, 6.07) is 9.49. The highest BCUT2D eigenvalue weighted by molar-refractivity contribution is 5.77. The van der Waals surface area contributed by atoms with Crippen molar-refractivity contribution in [3.05, 3.63) is 35.9 Å². The molecule has 5 heteroatoms. The van der Waals surface area contributed by atoms with E-state index in [1.807, 2.05) is 35.2 Å². The predicted octanol–water partition coefficient (Wildman–Crippen LogP) is 1.45. The zero-order valence-corrected chi connectivity index (χ0v) is 13.1. The molecule has 1 fully saturated rings. The molecule has 3 N–H and O–H groups in total. The van der Waals surface area contributed by atoms with E-state index >= 15 is 0 Å². The van der Waals surface area contributed by atoms with Crippen molar-refractivity contribution in [2.24, 2.45) is 11.7 Å². The van der Waals surface area contributed by atoms with Crippen LogP contribution in [0.2, 0.25) is 0 Å². The highest BCUT2D eigenvalue weighted by Gasteiger charge is 2.24. The van der Waals surface area contributed by atoms with E-state index in [0.29, 0.717) is 18.9 Å². The van der Waals surface area contributed by atoms with Gasteiger partial charge in [0, 0.05) is 39.0 Å². The molecule has 0 radical (unpaired) electrons. The van der Waals surface area contributed by atoms with Crippen molar-refractivity contribution in [1.82, 2.24) is 10.2 Å². The molecule has 1 aliphatic heterocycles. The lowest BCUT2D eigenvalue weighted by atomic mass is 9.96. The summed E-state index contributed by atoms with van der Waals surface area (Å²) in [5, 5.41) is 2.85. The number of benzene rings is 1. The summed E-state index contributed by atoms with van der Waals surface area (Å²) in [4.78, 5) is 25.2. The maximum atomic E-state index is 12.3. The van der Waals surface area contributed by atoms with Crippen molar-refractivity contribution in [3.8, 4) is 0 Å². The Labute approximate surface area is 131 Å². The third-order valence-electron chi connectivity index (χ3n) is 4.23. The number of likely N-dealkylation sites (tertiary alicyclic amines) is 1. The molecule has 2 amide bonds. The van der Waals surface area contributed by atoms with Crippen LogP contribution in [0, 0.1) is 5.92 Å². The summed E-state index contributed by atoms with van der Waals surface area (Å²) in [6.07, 6.45) is 2.22. The van der Waals surface area contributed by atoms with Gasteiger partial charge in [0.1, 0.15) is 0 Å². The minimum absolute atomic E-state index is 0.00680. The number of nitrogens with two attached hydrogens (primary N) is 1. The Morgan fingerprint density at radius 1 is 1.27 bits per heavy atom. The fourth-order valence-corrected chi connectivity index (χ4v) is 2.81. The van der Waals surface area contributed by atoms with Crippen molar-refractivity contribution < 1.29 is 9.59 Å². The van der Waals surface area contributed by atoms with Gasteiger partial charge < -0.3 is 16.0 Å². The molecule has 120 valence electrons. The lowest BCUT2D eigenvalue weighted by Crippen LogP contribution is -2.42. The second kappa shape index (κ2) is 7.94. The monoisotopic (exact) mass is 303 g/mol. The highest BCUT2D eigenvalue weighted by Crippen LogP contribution is 2.20. The third kappa shape index (κ3) is 4.84. The molecular weight excluding hydrogens is 278 g/mol. The van der Waals surface area contributed by atoms with Gasteiger partial charge in [-0.1, -0.05) is 30.3 Å². The van der Waals surface area contributed by atoms with E-state index < -0.39 is 0 Å². The lowest BCUT2D eigenvalue weighted by molar-refractivity contribution is -0.133.